The van der Waals surface area contributed by atoms with Gasteiger partial charge in [-0.05, 0) is 79.5 Å². The lowest BCUT2D eigenvalue weighted by Crippen LogP contribution is -2.60. The number of hydrogen-bond donors (Lipinski definition) is 1. The normalized spacial score (nSPS) is 24.7. The fourth-order valence-corrected chi connectivity index (χ4v) is 6.10. The van der Waals surface area contributed by atoms with Crippen LogP contribution in [-0.4, -0.2) is 40.0 Å². The maximum absolute atomic E-state index is 13.7. The van der Waals surface area contributed by atoms with Gasteiger partial charge < -0.3 is 19.6 Å². The zero-order valence-corrected chi connectivity index (χ0v) is 20.7. The number of nitrogens with zero attached hydrogens (tertiary/aromatic N) is 4. The van der Waals surface area contributed by atoms with E-state index in [9.17, 15) is 4.39 Å². The second-order valence-corrected chi connectivity index (χ2v) is 11.0. The van der Waals surface area contributed by atoms with E-state index < -0.39 is 0 Å². The van der Waals surface area contributed by atoms with Gasteiger partial charge >= 0.3 is 0 Å². The maximum Gasteiger partial charge on any atom is 0.152 e. The zero-order valence-electron chi connectivity index (χ0n) is 20.7. The van der Waals surface area contributed by atoms with Crippen LogP contribution in [0.1, 0.15) is 48.6 Å². The van der Waals surface area contributed by atoms with Gasteiger partial charge in [-0.25, -0.2) is 9.37 Å². The standard InChI is InChI=1S/C29H30FN5O/c1-19-15-34(18-31-19)25-8-3-20(24-9-12-36-26(24)25)13-21-14-29(10-11-29)17-35-27(21)33-32-16-28(35,2)22-4-6-23(30)7-5-22/h3-8,13,15,18,32H,9-12,14,16-17H2,1-2H3/b21-13+. The number of aromatic nitrogens is 2. The molecule has 0 amide bonds. The summed E-state index contributed by atoms with van der Waals surface area (Å²) in [5.41, 5.74) is 10.2. The van der Waals surface area contributed by atoms with Gasteiger partial charge in [0.2, 0.25) is 0 Å². The maximum atomic E-state index is 13.7. The first-order valence-electron chi connectivity index (χ1n) is 12.8. The second kappa shape index (κ2) is 7.69. The smallest absolute Gasteiger partial charge is 0.152 e. The lowest BCUT2D eigenvalue weighted by atomic mass is 9.81. The predicted octanol–water partition coefficient (Wildman–Crippen LogP) is 4.96. The Balaban J connectivity index is 1.30. The monoisotopic (exact) mass is 483 g/mol. The Bertz CT molecular complexity index is 1420. The number of amidine groups is 1. The van der Waals surface area contributed by atoms with Crippen LogP contribution < -0.4 is 10.2 Å². The van der Waals surface area contributed by atoms with Crippen molar-refractivity contribution in [3.63, 3.8) is 0 Å². The number of piperidine rings is 1. The van der Waals surface area contributed by atoms with E-state index in [1.54, 1.807) is 12.1 Å². The minimum absolute atomic E-state index is 0.205. The number of aryl methyl sites for hydroxylation is 1. The van der Waals surface area contributed by atoms with Crippen LogP contribution in [0.3, 0.4) is 0 Å². The van der Waals surface area contributed by atoms with E-state index in [4.69, 9.17) is 9.84 Å². The lowest BCUT2D eigenvalue weighted by molar-refractivity contribution is 0.130. The average Bonchev–Trinajstić information content (AvgIpc) is 3.23. The Morgan fingerprint density at radius 1 is 1.14 bits per heavy atom. The van der Waals surface area contributed by atoms with Gasteiger partial charge in [0.1, 0.15) is 11.6 Å². The molecule has 4 aliphatic rings. The lowest BCUT2D eigenvalue weighted by Gasteiger charge is -2.51. The third kappa shape index (κ3) is 3.36. The Morgan fingerprint density at radius 3 is 2.72 bits per heavy atom. The van der Waals surface area contributed by atoms with Crippen molar-refractivity contribution >= 4 is 11.9 Å². The number of imidazole rings is 1. The second-order valence-electron chi connectivity index (χ2n) is 11.0. The van der Waals surface area contributed by atoms with Crippen LogP contribution in [0, 0.1) is 18.2 Å². The Labute approximate surface area is 210 Å². The summed E-state index contributed by atoms with van der Waals surface area (Å²) in [4.78, 5) is 6.86. The molecule has 1 saturated carbocycles. The van der Waals surface area contributed by atoms with Crippen molar-refractivity contribution in [2.24, 2.45) is 10.5 Å². The van der Waals surface area contributed by atoms with Crippen molar-refractivity contribution in [3.05, 3.63) is 82.7 Å². The molecule has 1 saturated heterocycles. The van der Waals surface area contributed by atoms with Gasteiger partial charge in [-0.1, -0.05) is 18.2 Å². The number of benzene rings is 2. The van der Waals surface area contributed by atoms with Crippen LogP contribution in [0.5, 0.6) is 5.75 Å². The summed E-state index contributed by atoms with van der Waals surface area (Å²) in [6.45, 7) is 6.61. The Kier molecular flexibility index (Phi) is 4.63. The van der Waals surface area contributed by atoms with E-state index in [2.05, 4.69) is 40.4 Å². The van der Waals surface area contributed by atoms with Crippen molar-refractivity contribution in [2.75, 3.05) is 19.7 Å². The number of hydrazone groups is 1. The van der Waals surface area contributed by atoms with Gasteiger partial charge in [0.25, 0.3) is 0 Å². The SMILES string of the molecule is Cc1cn(-c2ccc(/C=C3\CC4(CC4)CN4C3=NNCC4(C)c3ccc(F)cc3)c3c2OCC3)cn1. The Morgan fingerprint density at radius 2 is 1.97 bits per heavy atom. The first kappa shape index (κ1) is 21.7. The molecule has 7 heteroatoms. The molecule has 4 heterocycles. The molecule has 2 fully saturated rings. The molecule has 184 valence electrons. The van der Waals surface area contributed by atoms with Gasteiger partial charge in [0, 0.05) is 24.7 Å². The molecular weight excluding hydrogens is 453 g/mol. The Hall–Kier alpha value is -3.61. The highest BCUT2D eigenvalue weighted by Crippen LogP contribution is 2.56. The van der Waals surface area contributed by atoms with E-state index in [0.29, 0.717) is 18.6 Å². The molecule has 3 aromatic rings. The molecule has 1 atom stereocenters. The molecule has 1 N–H and O–H groups in total. The molecule has 2 aromatic carbocycles. The van der Waals surface area contributed by atoms with Gasteiger partial charge in [-0.2, -0.15) is 5.10 Å². The molecule has 0 bridgehead atoms. The number of hydrogen-bond acceptors (Lipinski definition) is 5. The molecule has 3 aliphatic heterocycles. The molecule has 1 aromatic heterocycles. The minimum atomic E-state index is -0.298. The molecule has 36 heavy (non-hydrogen) atoms. The van der Waals surface area contributed by atoms with E-state index in [1.807, 2.05) is 36.1 Å². The van der Waals surface area contributed by atoms with Gasteiger partial charge in [-0.3, -0.25) is 0 Å². The van der Waals surface area contributed by atoms with Crippen molar-refractivity contribution in [1.82, 2.24) is 19.9 Å². The van der Waals surface area contributed by atoms with Crippen molar-refractivity contribution in [2.45, 2.75) is 45.1 Å². The average molecular weight is 484 g/mol. The van der Waals surface area contributed by atoms with Crippen LogP contribution in [0.15, 0.2) is 59.6 Å². The summed E-state index contributed by atoms with van der Waals surface area (Å²) < 4.78 is 21.9. The topological polar surface area (TPSA) is 54.7 Å². The minimum Gasteiger partial charge on any atom is -0.491 e. The molecule has 1 spiro atoms. The van der Waals surface area contributed by atoms with Crippen molar-refractivity contribution < 1.29 is 9.13 Å². The van der Waals surface area contributed by atoms with Crippen LogP contribution >= 0.6 is 0 Å². The molecule has 1 aliphatic carbocycles. The highest BCUT2D eigenvalue weighted by Gasteiger charge is 2.53. The van der Waals surface area contributed by atoms with Gasteiger partial charge in [0.15, 0.2) is 5.84 Å². The summed E-state index contributed by atoms with van der Waals surface area (Å²) >= 11 is 0. The number of nitrogens with one attached hydrogen (secondary N) is 1. The fraction of sp³-hybridized carbons (Fsp3) is 0.379. The van der Waals surface area contributed by atoms with Crippen LogP contribution in [-0.2, 0) is 12.0 Å². The number of fused-ring (bicyclic) bond motifs is 2. The summed E-state index contributed by atoms with van der Waals surface area (Å²) in [5, 5.41) is 4.83. The largest absolute Gasteiger partial charge is 0.491 e. The van der Waals surface area contributed by atoms with E-state index in [-0.39, 0.29) is 11.4 Å². The number of ether oxygens (including phenoxy) is 1. The zero-order chi connectivity index (χ0) is 24.5. The quantitative estimate of drug-likeness (QED) is 0.572. The van der Waals surface area contributed by atoms with Crippen LogP contribution in [0.2, 0.25) is 0 Å². The number of halogens is 1. The fourth-order valence-electron chi connectivity index (χ4n) is 6.10. The van der Waals surface area contributed by atoms with Gasteiger partial charge in [0.05, 0.1) is 36.4 Å². The highest BCUT2D eigenvalue weighted by atomic mass is 19.1. The van der Waals surface area contributed by atoms with Gasteiger partial charge in [-0.15, -0.1) is 0 Å². The first-order chi connectivity index (χ1) is 17.4. The third-order valence-electron chi connectivity index (χ3n) is 8.42. The van der Waals surface area contributed by atoms with Crippen molar-refractivity contribution in [1.29, 1.82) is 0 Å². The molecule has 1 unspecified atom stereocenters. The first-order valence-corrected chi connectivity index (χ1v) is 12.8. The third-order valence-corrected chi connectivity index (χ3v) is 8.42. The number of rotatable bonds is 3. The summed E-state index contributed by atoms with van der Waals surface area (Å²) in [6.07, 6.45) is 10.6. The summed E-state index contributed by atoms with van der Waals surface area (Å²) in [6, 6.07) is 11.3. The van der Waals surface area contributed by atoms with Crippen LogP contribution in [0.4, 0.5) is 4.39 Å². The summed E-state index contributed by atoms with van der Waals surface area (Å²) in [7, 11) is 0. The molecule has 7 rings (SSSR count). The summed E-state index contributed by atoms with van der Waals surface area (Å²) in [5.74, 6) is 1.76. The van der Waals surface area contributed by atoms with E-state index in [1.165, 1.54) is 29.5 Å². The van der Waals surface area contributed by atoms with E-state index in [0.717, 1.165) is 47.9 Å². The van der Waals surface area contributed by atoms with Crippen molar-refractivity contribution in [3.8, 4) is 11.4 Å². The van der Waals surface area contributed by atoms with Crippen LogP contribution in [0.25, 0.3) is 11.8 Å². The molecular formula is C29H30FN5O. The molecule has 0 radical (unpaired) electrons. The molecule has 6 nitrogen and oxygen atoms in total. The predicted molar refractivity (Wildman–Crippen MR) is 138 cm³/mol. The van der Waals surface area contributed by atoms with E-state index >= 15 is 0 Å². The highest BCUT2D eigenvalue weighted by molar-refractivity contribution is 6.04.